The first-order valence-electron chi connectivity index (χ1n) is 12.2. The Morgan fingerprint density at radius 3 is 0.943 bits per heavy atom. The third kappa shape index (κ3) is 37.6. The summed E-state index contributed by atoms with van der Waals surface area (Å²) in [7, 11) is 0. The van der Waals surface area contributed by atoms with Gasteiger partial charge in [0.15, 0.2) is 0 Å². The molecule has 208 valence electrons. The van der Waals surface area contributed by atoms with E-state index in [1.54, 1.807) is 41.5 Å². The second kappa shape index (κ2) is 27.5. The zero-order valence-corrected chi connectivity index (χ0v) is 25.5. The maximum atomic E-state index is 11.3. The average molecular weight is 541 g/mol. The summed E-state index contributed by atoms with van der Waals surface area (Å²) in [5, 5.41) is 15.8. The molecule has 0 aliphatic heterocycles. The van der Waals surface area contributed by atoms with Gasteiger partial charge in [0.05, 0.1) is 13.2 Å². The van der Waals surface area contributed by atoms with Gasteiger partial charge < -0.3 is 19.7 Å². The number of Topliss-reactive ketones (excluding diaryl/α,β-unsaturated/α-hetero) is 2. The first-order valence-corrected chi connectivity index (χ1v) is 12.2. The molecule has 0 aromatic carbocycles. The van der Waals surface area contributed by atoms with Gasteiger partial charge in [-0.05, 0) is 25.7 Å². The number of aliphatic hydroxyl groups excluding tert-OH is 2. The number of carbonyl (C=O) groups excluding carboxylic acids is 4. The molecule has 0 saturated heterocycles. The van der Waals surface area contributed by atoms with Crippen LogP contribution in [0.5, 0.6) is 0 Å². The number of ketones is 2. The summed E-state index contributed by atoms with van der Waals surface area (Å²) in [5.74, 6) is -0.981. The predicted molar refractivity (Wildman–Crippen MR) is 135 cm³/mol. The van der Waals surface area contributed by atoms with Crippen LogP contribution in [0, 0.1) is 10.8 Å². The fraction of sp³-hybridized carbons (Fsp3) is 0.846. The van der Waals surface area contributed by atoms with Crippen molar-refractivity contribution >= 4 is 23.5 Å². The van der Waals surface area contributed by atoms with Crippen LogP contribution in [0.1, 0.15) is 108 Å². The zero-order valence-electron chi connectivity index (χ0n) is 23.9. The molecule has 0 atom stereocenters. The zero-order chi connectivity index (χ0) is 27.8. The molecule has 0 radical (unpaired) electrons. The third-order valence-electron chi connectivity index (χ3n) is 3.66. The van der Waals surface area contributed by atoms with E-state index >= 15 is 0 Å². The Hall–Kier alpha value is -1.09. The van der Waals surface area contributed by atoms with Crippen molar-refractivity contribution in [3.05, 3.63) is 0 Å². The van der Waals surface area contributed by atoms with E-state index in [9.17, 15) is 19.2 Å². The molecule has 0 aromatic heterocycles. The van der Waals surface area contributed by atoms with Crippen LogP contribution in [0.3, 0.4) is 0 Å². The van der Waals surface area contributed by atoms with Crippen molar-refractivity contribution < 1.29 is 60.6 Å². The molecular weight excluding hydrogens is 488 g/mol. The van der Waals surface area contributed by atoms with E-state index in [-0.39, 0.29) is 46.1 Å². The Morgan fingerprint density at radius 1 is 0.571 bits per heavy atom. The Bertz CT molecular complexity index is 482. The van der Waals surface area contributed by atoms with Crippen LogP contribution in [0.2, 0.25) is 0 Å². The quantitative estimate of drug-likeness (QED) is 0.233. The van der Waals surface area contributed by atoms with Gasteiger partial charge in [0.1, 0.15) is 24.4 Å². The van der Waals surface area contributed by atoms with E-state index in [4.69, 9.17) is 19.7 Å². The number of hydrogen-bond acceptors (Lipinski definition) is 8. The molecule has 0 saturated carbocycles. The van der Waals surface area contributed by atoms with Crippen LogP contribution >= 0.6 is 0 Å². The van der Waals surface area contributed by atoms with Gasteiger partial charge in [-0.2, -0.15) is 0 Å². The summed E-state index contributed by atoms with van der Waals surface area (Å²) in [4.78, 5) is 44.7. The van der Waals surface area contributed by atoms with Crippen molar-refractivity contribution in [3.63, 3.8) is 0 Å². The minimum atomic E-state index is -0.453. The normalized spacial score (nSPS) is 9.94. The Labute approximate surface area is 228 Å². The molecule has 0 fully saturated rings. The van der Waals surface area contributed by atoms with Crippen LogP contribution in [0.4, 0.5) is 0 Å². The summed E-state index contributed by atoms with van der Waals surface area (Å²) in [6.45, 7) is 19.9. The fourth-order valence-electron chi connectivity index (χ4n) is 1.33. The molecule has 0 bridgehead atoms. The Morgan fingerprint density at radius 2 is 0.800 bits per heavy atom. The summed E-state index contributed by atoms with van der Waals surface area (Å²) < 4.78 is 9.59. The Kier molecular flexibility index (Phi) is 34.5. The number of aliphatic hydroxyl groups is 2. The molecule has 2 N–H and O–H groups in total. The van der Waals surface area contributed by atoms with Crippen molar-refractivity contribution in [2.75, 3.05) is 26.4 Å². The van der Waals surface area contributed by atoms with Crippen molar-refractivity contribution in [3.8, 4) is 0 Å². The Balaban J connectivity index is -0.000000128. The average Bonchev–Trinajstić information content (AvgIpc) is 2.75. The van der Waals surface area contributed by atoms with Gasteiger partial charge in [0.25, 0.3) is 0 Å². The van der Waals surface area contributed by atoms with E-state index in [1.807, 2.05) is 27.7 Å². The van der Waals surface area contributed by atoms with Crippen LogP contribution in [0.25, 0.3) is 0 Å². The third-order valence-corrected chi connectivity index (χ3v) is 3.66. The minimum Gasteiger partial charge on any atom is -0.465 e. The largest absolute Gasteiger partial charge is 0.465 e. The van der Waals surface area contributed by atoms with Gasteiger partial charge in [0, 0.05) is 45.8 Å². The van der Waals surface area contributed by atoms with E-state index in [1.165, 1.54) is 0 Å². The van der Waals surface area contributed by atoms with Gasteiger partial charge >= 0.3 is 11.9 Å². The standard InChI is InChI=1S/2C10H18O3.2C3H8O.Ti/c2*1-5-6-13-9(12)7-8(11)10(2,3)4;2*1-2-3-4;/h2*5-7H2,1-4H3;2*4H,2-3H2,1H3;. The van der Waals surface area contributed by atoms with E-state index < -0.39 is 22.8 Å². The summed E-state index contributed by atoms with van der Waals surface area (Å²) in [6, 6.07) is 0. The predicted octanol–water partition coefficient (Wildman–Crippen LogP) is 4.66. The number of hydrogen-bond donors (Lipinski definition) is 2. The summed E-state index contributed by atoms with van der Waals surface area (Å²) in [5.41, 5.74) is -0.906. The second-order valence-corrected chi connectivity index (χ2v) is 9.59. The molecular formula is C26H52O8Ti. The molecule has 9 heteroatoms. The number of rotatable bonds is 10. The fourth-order valence-corrected chi connectivity index (χ4v) is 1.33. The molecule has 35 heavy (non-hydrogen) atoms. The molecule has 0 spiro atoms. The maximum absolute atomic E-state index is 11.3. The molecule has 0 rings (SSSR count). The number of carbonyl (C=O) groups is 4. The van der Waals surface area contributed by atoms with Crippen LogP contribution in [0.15, 0.2) is 0 Å². The van der Waals surface area contributed by atoms with Gasteiger partial charge in [-0.3, -0.25) is 19.2 Å². The van der Waals surface area contributed by atoms with Gasteiger partial charge in [-0.15, -0.1) is 0 Å². The molecule has 0 unspecified atom stereocenters. The number of esters is 2. The molecule has 0 heterocycles. The van der Waals surface area contributed by atoms with Gasteiger partial charge in [-0.1, -0.05) is 69.2 Å². The first kappa shape index (κ1) is 43.9. The van der Waals surface area contributed by atoms with E-state index in [2.05, 4.69) is 0 Å². The summed E-state index contributed by atoms with van der Waals surface area (Å²) >= 11 is 0. The molecule has 8 nitrogen and oxygen atoms in total. The smallest absolute Gasteiger partial charge is 0.313 e. The van der Waals surface area contributed by atoms with Gasteiger partial charge in [-0.25, -0.2) is 0 Å². The minimum absolute atomic E-state index is 0. The first-order chi connectivity index (χ1) is 15.6. The second-order valence-electron chi connectivity index (χ2n) is 9.59. The van der Waals surface area contributed by atoms with Crippen molar-refractivity contribution in [2.45, 2.75) is 108 Å². The molecule has 0 aliphatic carbocycles. The van der Waals surface area contributed by atoms with Crippen LogP contribution < -0.4 is 0 Å². The summed E-state index contributed by atoms with van der Waals surface area (Å²) in [6.07, 6.45) is 3.11. The van der Waals surface area contributed by atoms with Crippen molar-refractivity contribution in [1.82, 2.24) is 0 Å². The SMILES string of the molecule is CCCO.CCCO.CCCOC(=O)CC(=O)C(C)(C)C.CCCOC(=O)CC(=O)C(C)(C)C.[Ti]. The molecule has 0 aromatic rings. The van der Waals surface area contributed by atoms with E-state index in [0.717, 1.165) is 25.7 Å². The van der Waals surface area contributed by atoms with Crippen LogP contribution in [-0.2, 0) is 50.4 Å². The van der Waals surface area contributed by atoms with Crippen molar-refractivity contribution in [1.29, 1.82) is 0 Å². The maximum Gasteiger partial charge on any atom is 0.313 e. The topological polar surface area (TPSA) is 127 Å². The number of ether oxygens (including phenoxy) is 2. The molecule has 0 aliphatic rings. The van der Waals surface area contributed by atoms with Crippen LogP contribution in [-0.4, -0.2) is 60.1 Å². The molecule has 0 amide bonds. The van der Waals surface area contributed by atoms with Crippen molar-refractivity contribution in [2.24, 2.45) is 10.8 Å². The monoisotopic (exact) mass is 540 g/mol. The van der Waals surface area contributed by atoms with Gasteiger partial charge in [0.2, 0.25) is 0 Å². The van der Waals surface area contributed by atoms with E-state index in [0.29, 0.717) is 26.4 Å².